The number of thiophene rings is 1. The number of aryl methyl sites for hydroxylation is 2. The van der Waals surface area contributed by atoms with Crippen LogP contribution < -0.4 is 10.9 Å². The van der Waals surface area contributed by atoms with Crippen LogP contribution in [0.15, 0.2) is 16.2 Å². The highest BCUT2D eigenvalue weighted by Gasteiger charge is 2.31. The molecule has 1 aliphatic carbocycles. The molecule has 184 valence electrons. The fourth-order valence-corrected chi connectivity index (χ4v) is 6.49. The first-order chi connectivity index (χ1) is 15.7. The van der Waals surface area contributed by atoms with Crippen molar-refractivity contribution in [1.29, 1.82) is 0 Å². The van der Waals surface area contributed by atoms with Gasteiger partial charge in [-0.15, -0.1) is 11.3 Å². The number of aromatic amines is 1. The number of hydrogen-bond acceptors (Lipinski definition) is 4. The quantitative estimate of drug-likeness (QED) is 0.524. The van der Waals surface area contributed by atoms with Gasteiger partial charge in [0.05, 0.1) is 5.56 Å². The Morgan fingerprint density at radius 3 is 2.36 bits per heavy atom. The number of carbonyl (C=O) groups excluding carboxylic acids is 1. The van der Waals surface area contributed by atoms with Crippen LogP contribution in [0.25, 0.3) is 0 Å². The van der Waals surface area contributed by atoms with Crippen LogP contribution in [0.4, 0.5) is 0 Å². The van der Waals surface area contributed by atoms with E-state index in [-0.39, 0.29) is 18.0 Å². The molecule has 2 heterocycles. The van der Waals surface area contributed by atoms with Gasteiger partial charge >= 0.3 is 0 Å². The highest BCUT2D eigenvalue weighted by molar-refractivity contribution is 7.10. The Morgan fingerprint density at radius 2 is 1.82 bits per heavy atom. The molecule has 0 spiro atoms. The molecule has 0 aliphatic heterocycles. The molecule has 1 saturated carbocycles. The van der Waals surface area contributed by atoms with Gasteiger partial charge < -0.3 is 15.2 Å². The van der Waals surface area contributed by atoms with Crippen LogP contribution in [0.1, 0.15) is 96.4 Å². The number of carbonyl (C=O) groups is 1. The van der Waals surface area contributed by atoms with E-state index in [4.69, 9.17) is 0 Å². The first-order valence-electron chi connectivity index (χ1n) is 12.4. The van der Waals surface area contributed by atoms with Crippen LogP contribution >= 0.6 is 11.3 Å². The summed E-state index contributed by atoms with van der Waals surface area (Å²) < 4.78 is 0. The smallest absolute Gasteiger partial charge is 0.253 e. The van der Waals surface area contributed by atoms with E-state index in [0.29, 0.717) is 23.4 Å². The molecule has 6 heteroatoms. The van der Waals surface area contributed by atoms with Gasteiger partial charge in [-0.1, -0.05) is 20.8 Å². The van der Waals surface area contributed by atoms with E-state index in [9.17, 15) is 9.59 Å². The van der Waals surface area contributed by atoms with Crippen molar-refractivity contribution in [2.45, 2.75) is 92.2 Å². The molecule has 3 rings (SSSR count). The number of nitrogens with one attached hydrogen (secondary N) is 2. The summed E-state index contributed by atoms with van der Waals surface area (Å²) in [4.78, 5) is 31.7. The summed E-state index contributed by atoms with van der Waals surface area (Å²) in [6.07, 6.45) is 6.15. The number of H-pyrrole nitrogens is 1. The Morgan fingerprint density at radius 1 is 1.18 bits per heavy atom. The predicted octanol–water partition coefficient (Wildman–Crippen LogP) is 5.93. The van der Waals surface area contributed by atoms with E-state index >= 15 is 0 Å². The number of amides is 1. The summed E-state index contributed by atoms with van der Waals surface area (Å²) in [6, 6.07) is 2.64. The van der Waals surface area contributed by atoms with Crippen LogP contribution in [0.2, 0.25) is 0 Å². The maximum atomic E-state index is 12.9. The molecule has 0 radical (unpaired) electrons. The van der Waals surface area contributed by atoms with Crippen LogP contribution in [-0.2, 0) is 6.54 Å². The van der Waals surface area contributed by atoms with Gasteiger partial charge in [-0.05, 0) is 96.0 Å². The van der Waals surface area contributed by atoms with Gasteiger partial charge in [0.25, 0.3) is 11.5 Å². The van der Waals surface area contributed by atoms with E-state index in [1.54, 1.807) is 11.3 Å². The van der Waals surface area contributed by atoms with Crippen LogP contribution in [0, 0.1) is 26.7 Å². The molecule has 0 saturated heterocycles. The molecule has 1 atom stereocenters. The number of hydrogen-bond donors (Lipinski definition) is 2. The monoisotopic (exact) mass is 473 g/mol. The van der Waals surface area contributed by atoms with Crippen molar-refractivity contribution in [2.24, 2.45) is 5.92 Å². The van der Waals surface area contributed by atoms with Crippen molar-refractivity contribution < 1.29 is 4.79 Å². The van der Waals surface area contributed by atoms with Gasteiger partial charge in [0, 0.05) is 34.1 Å². The lowest BCUT2D eigenvalue weighted by molar-refractivity contribution is 0.0950. The van der Waals surface area contributed by atoms with E-state index in [1.807, 2.05) is 39.1 Å². The van der Waals surface area contributed by atoms with Crippen LogP contribution in [-0.4, -0.2) is 35.9 Å². The Labute approximate surface area is 204 Å². The topological polar surface area (TPSA) is 65.2 Å². The summed E-state index contributed by atoms with van der Waals surface area (Å²) in [7, 11) is 4.37. The lowest BCUT2D eigenvalue weighted by Crippen LogP contribution is -2.33. The first kappa shape index (κ1) is 27.3. The molecule has 2 N–H and O–H groups in total. The van der Waals surface area contributed by atoms with Gasteiger partial charge in [-0.2, -0.15) is 0 Å². The zero-order chi connectivity index (χ0) is 24.7. The number of rotatable bonds is 7. The Bertz CT molecular complexity index is 968. The number of pyridine rings is 1. The van der Waals surface area contributed by atoms with Crippen molar-refractivity contribution in [2.75, 3.05) is 14.1 Å². The molecular weight excluding hydrogens is 430 g/mol. The van der Waals surface area contributed by atoms with E-state index in [0.717, 1.165) is 28.8 Å². The van der Waals surface area contributed by atoms with Crippen LogP contribution in [0.3, 0.4) is 0 Å². The molecule has 2 aromatic heterocycles. The van der Waals surface area contributed by atoms with Crippen molar-refractivity contribution in [3.63, 3.8) is 0 Å². The maximum absolute atomic E-state index is 12.9. The minimum atomic E-state index is -0.125. The van der Waals surface area contributed by atoms with Gasteiger partial charge in [0.15, 0.2) is 0 Å². The summed E-state index contributed by atoms with van der Waals surface area (Å²) in [5.74, 6) is 1.13. The summed E-state index contributed by atoms with van der Waals surface area (Å²) in [5.41, 5.74) is 4.10. The third-order valence-electron chi connectivity index (χ3n) is 7.06. The van der Waals surface area contributed by atoms with Gasteiger partial charge in [0.2, 0.25) is 0 Å². The average Bonchev–Trinajstić information content (AvgIpc) is 3.16. The Hall–Kier alpha value is -1.92. The minimum absolute atomic E-state index is 0.0921. The molecule has 33 heavy (non-hydrogen) atoms. The zero-order valence-electron chi connectivity index (χ0n) is 21.8. The molecule has 0 aromatic carbocycles. The van der Waals surface area contributed by atoms with E-state index in [1.165, 1.54) is 30.6 Å². The normalized spacial score (nSPS) is 19.1. The van der Waals surface area contributed by atoms with Crippen molar-refractivity contribution in [1.82, 2.24) is 15.2 Å². The largest absolute Gasteiger partial charge is 0.348 e. The molecule has 1 fully saturated rings. The van der Waals surface area contributed by atoms with Gasteiger partial charge in [-0.25, -0.2) is 0 Å². The second-order valence-electron chi connectivity index (χ2n) is 9.31. The lowest BCUT2D eigenvalue weighted by atomic mass is 9.75. The standard InChI is InChI=1S/C25H37N3O2S.C2H6/c1-7-20(18-8-10-19(11-9-18)28(5)6)23-17(4)22(14-31-23)24(29)26-13-21-15(2)12-16(3)27-25(21)30;1-2/h12,14,18-20H,7-11,13H2,1-6H3,(H,26,29)(H,27,30);1-2H3. The van der Waals surface area contributed by atoms with Crippen molar-refractivity contribution in [3.8, 4) is 0 Å². The lowest BCUT2D eigenvalue weighted by Gasteiger charge is -2.36. The Kier molecular flexibility index (Phi) is 10.4. The number of nitrogens with zero attached hydrogens (tertiary/aromatic N) is 1. The molecule has 2 aromatic rings. The molecule has 1 aliphatic rings. The summed E-state index contributed by atoms with van der Waals surface area (Å²) in [5, 5.41) is 4.97. The van der Waals surface area contributed by atoms with Crippen molar-refractivity contribution in [3.05, 3.63) is 54.6 Å². The highest BCUT2D eigenvalue weighted by atomic mass is 32.1. The molecule has 1 unspecified atom stereocenters. The van der Waals surface area contributed by atoms with Gasteiger partial charge in [-0.3, -0.25) is 9.59 Å². The molecule has 0 bridgehead atoms. The second kappa shape index (κ2) is 12.5. The fraction of sp³-hybridized carbons (Fsp3) is 0.630. The summed E-state index contributed by atoms with van der Waals surface area (Å²) >= 11 is 1.73. The predicted molar refractivity (Wildman–Crippen MR) is 141 cm³/mol. The fourth-order valence-electron chi connectivity index (χ4n) is 5.14. The minimum Gasteiger partial charge on any atom is -0.348 e. The molecular formula is C27H43N3O2S. The van der Waals surface area contributed by atoms with Gasteiger partial charge in [0.1, 0.15) is 0 Å². The molecule has 5 nitrogen and oxygen atoms in total. The molecule has 1 amide bonds. The third-order valence-corrected chi connectivity index (χ3v) is 8.28. The van der Waals surface area contributed by atoms with E-state index < -0.39 is 0 Å². The first-order valence-corrected chi connectivity index (χ1v) is 13.3. The number of aromatic nitrogens is 1. The highest BCUT2D eigenvalue weighted by Crippen LogP contribution is 2.42. The van der Waals surface area contributed by atoms with E-state index in [2.05, 4.69) is 43.1 Å². The maximum Gasteiger partial charge on any atom is 0.253 e. The third kappa shape index (κ3) is 6.57. The summed E-state index contributed by atoms with van der Waals surface area (Å²) in [6.45, 7) is 12.4. The zero-order valence-corrected chi connectivity index (χ0v) is 22.6. The Balaban J connectivity index is 0.00000187. The SMILES string of the molecule is CC.CCC(c1scc(C(=O)NCc2c(C)cc(C)[nH]c2=O)c1C)C1CCC(N(C)C)CC1. The van der Waals surface area contributed by atoms with Crippen molar-refractivity contribution >= 4 is 17.2 Å². The average molecular weight is 474 g/mol. The van der Waals surface area contributed by atoms with Crippen LogP contribution in [0.5, 0.6) is 0 Å². The second-order valence-corrected chi connectivity index (χ2v) is 10.2.